The van der Waals surface area contributed by atoms with Crippen LogP contribution in [0.4, 0.5) is 0 Å². The molecule has 1 saturated heterocycles. The third-order valence-corrected chi connectivity index (χ3v) is 2.86. The second-order valence-corrected chi connectivity index (χ2v) is 5.00. The Morgan fingerprint density at radius 3 is 2.94 bits per heavy atom. The Morgan fingerprint density at radius 1 is 1.56 bits per heavy atom. The van der Waals surface area contributed by atoms with Crippen molar-refractivity contribution in [1.82, 2.24) is 4.90 Å². The number of nitrogens with zero attached hydrogens (tertiary/aromatic N) is 2. The SMILES string of the molecule is COCC1CCCN(C(N)=NCC(C)C)C1. The molecule has 0 bridgehead atoms. The Kier molecular flexibility index (Phi) is 5.60. The minimum absolute atomic E-state index is 0.568. The summed E-state index contributed by atoms with van der Waals surface area (Å²) < 4.78 is 5.20. The molecule has 1 fully saturated rings. The van der Waals surface area contributed by atoms with E-state index < -0.39 is 0 Å². The molecule has 0 aromatic rings. The van der Waals surface area contributed by atoms with Crippen molar-refractivity contribution in [2.75, 3.05) is 33.4 Å². The molecule has 1 atom stereocenters. The first-order valence-corrected chi connectivity index (χ1v) is 6.17. The molecule has 1 aliphatic rings. The molecule has 1 unspecified atom stereocenters. The minimum Gasteiger partial charge on any atom is -0.384 e. The number of hydrogen-bond donors (Lipinski definition) is 1. The fourth-order valence-electron chi connectivity index (χ4n) is 2.02. The molecule has 0 radical (unpaired) electrons. The summed E-state index contributed by atoms with van der Waals surface area (Å²) in [5, 5.41) is 0. The Balaban J connectivity index is 2.43. The van der Waals surface area contributed by atoms with Crippen molar-refractivity contribution >= 4 is 5.96 Å². The van der Waals surface area contributed by atoms with Gasteiger partial charge in [0, 0.05) is 26.7 Å². The lowest BCUT2D eigenvalue weighted by atomic mass is 9.99. The van der Waals surface area contributed by atoms with Crippen molar-refractivity contribution in [1.29, 1.82) is 0 Å². The predicted molar refractivity (Wildman–Crippen MR) is 67.5 cm³/mol. The van der Waals surface area contributed by atoms with Gasteiger partial charge in [0.05, 0.1) is 6.61 Å². The fourth-order valence-corrected chi connectivity index (χ4v) is 2.02. The summed E-state index contributed by atoms with van der Waals surface area (Å²) in [5.74, 6) is 1.87. The second kappa shape index (κ2) is 6.74. The van der Waals surface area contributed by atoms with Crippen LogP contribution in [0.25, 0.3) is 0 Å². The van der Waals surface area contributed by atoms with Gasteiger partial charge in [0.15, 0.2) is 5.96 Å². The van der Waals surface area contributed by atoms with Gasteiger partial charge in [0.1, 0.15) is 0 Å². The number of piperidine rings is 1. The maximum Gasteiger partial charge on any atom is 0.191 e. The molecular weight excluding hydrogens is 202 g/mol. The largest absolute Gasteiger partial charge is 0.384 e. The number of nitrogens with two attached hydrogens (primary N) is 1. The smallest absolute Gasteiger partial charge is 0.191 e. The summed E-state index contributed by atoms with van der Waals surface area (Å²) in [6.45, 7) is 7.97. The molecule has 4 heteroatoms. The fraction of sp³-hybridized carbons (Fsp3) is 0.917. The lowest BCUT2D eigenvalue weighted by molar-refractivity contribution is 0.115. The van der Waals surface area contributed by atoms with Gasteiger partial charge in [-0.2, -0.15) is 0 Å². The van der Waals surface area contributed by atoms with Crippen LogP contribution in [-0.2, 0) is 4.74 Å². The highest BCUT2D eigenvalue weighted by atomic mass is 16.5. The first-order chi connectivity index (χ1) is 7.63. The number of ether oxygens (including phenoxy) is 1. The number of methoxy groups -OCH3 is 1. The van der Waals surface area contributed by atoms with E-state index in [2.05, 4.69) is 23.7 Å². The molecule has 0 saturated carbocycles. The molecule has 1 heterocycles. The van der Waals surface area contributed by atoms with Crippen molar-refractivity contribution in [2.24, 2.45) is 22.6 Å². The van der Waals surface area contributed by atoms with Crippen LogP contribution in [0.3, 0.4) is 0 Å². The van der Waals surface area contributed by atoms with Crippen LogP contribution in [-0.4, -0.2) is 44.2 Å². The summed E-state index contributed by atoms with van der Waals surface area (Å²) in [4.78, 5) is 6.61. The van der Waals surface area contributed by atoms with E-state index in [9.17, 15) is 0 Å². The van der Waals surface area contributed by atoms with Gasteiger partial charge in [-0.15, -0.1) is 0 Å². The molecule has 0 amide bonds. The third-order valence-electron chi connectivity index (χ3n) is 2.86. The molecule has 0 aromatic carbocycles. The van der Waals surface area contributed by atoms with Crippen LogP contribution >= 0.6 is 0 Å². The van der Waals surface area contributed by atoms with Crippen LogP contribution in [0.5, 0.6) is 0 Å². The molecule has 16 heavy (non-hydrogen) atoms. The van der Waals surface area contributed by atoms with Crippen molar-refractivity contribution in [3.8, 4) is 0 Å². The predicted octanol–water partition coefficient (Wildman–Crippen LogP) is 1.32. The third kappa shape index (κ3) is 4.39. The monoisotopic (exact) mass is 227 g/mol. The number of aliphatic imine (C=N–C) groups is 1. The maximum atomic E-state index is 5.99. The molecular formula is C12H25N3O. The second-order valence-electron chi connectivity index (χ2n) is 5.00. The number of hydrogen-bond acceptors (Lipinski definition) is 2. The highest BCUT2D eigenvalue weighted by Gasteiger charge is 2.20. The Bertz CT molecular complexity index is 226. The summed E-state index contributed by atoms with van der Waals surface area (Å²) in [7, 11) is 1.76. The van der Waals surface area contributed by atoms with Crippen LogP contribution in [0.15, 0.2) is 4.99 Å². The summed E-state index contributed by atoms with van der Waals surface area (Å²) >= 11 is 0. The van der Waals surface area contributed by atoms with Crippen molar-refractivity contribution in [3.05, 3.63) is 0 Å². The molecule has 94 valence electrons. The van der Waals surface area contributed by atoms with E-state index in [4.69, 9.17) is 10.5 Å². The standard InChI is InChI=1S/C12H25N3O/c1-10(2)7-14-12(13)15-6-4-5-11(8-15)9-16-3/h10-11H,4-9H2,1-3H3,(H2,13,14). The Hall–Kier alpha value is -0.770. The highest BCUT2D eigenvalue weighted by molar-refractivity contribution is 5.78. The molecule has 0 aromatic heterocycles. The number of likely N-dealkylation sites (tertiary alicyclic amines) is 1. The van der Waals surface area contributed by atoms with E-state index in [-0.39, 0.29) is 0 Å². The van der Waals surface area contributed by atoms with Gasteiger partial charge in [0.2, 0.25) is 0 Å². The zero-order valence-electron chi connectivity index (χ0n) is 10.8. The Labute approximate surface area is 98.9 Å². The van der Waals surface area contributed by atoms with E-state index in [0.717, 1.165) is 26.2 Å². The average molecular weight is 227 g/mol. The molecule has 2 N–H and O–H groups in total. The molecule has 1 rings (SSSR count). The van der Waals surface area contributed by atoms with Crippen molar-refractivity contribution < 1.29 is 4.74 Å². The van der Waals surface area contributed by atoms with Crippen LogP contribution in [0.2, 0.25) is 0 Å². The summed E-state index contributed by atoms with van der Waals surface area (Å²) in [6.07, 6.45) is 2.42. The van der Waals surface area contributed by atoms with E-state index in [1.54, 1.807) is 7.11 Å². The van der Waals surface area contributed by atoms with Crippen molar-refractivity contribution in [3.63, 3.8) is 0 Å². The summed E-state index contributed by atoms with van der Waals surface area (Å²) in [5.41, 5.74) is 5.99. The van der Waals surface area contributed by atoms with Gasteiger partial charge in [-0.25, -0.2) is 0 Å². The van der Waals surface area contributed by atoms with Crippen LogP contribution in [0.1, 0.15) is 26.7 Å². The normalized spacial score (nSPS) is 22.9. The zero-order valence-corrected chi connectivity index (χ0v) is 10.8. The minimum atomic E-state index is 0.568. The van der Waals surface area contributed by atoms with Crippen LogP contribution < -0.4 is 5.73 Å². The number of guanidine groups is 1. The van der Waals surface area contributed by atoms with Gasteiger partial charge in [-0.3, -0.25) is 4.99 Å². The van der Waals surface area contributed by atoms with E-state index in [1.807, 2.05) is 0 Å². The zero-order chi connectivity index (χ0) is 12.0. The van der Waals surface area contributed by atoms with E-state index in [0.29, 0.717) is 17.8 Å². The molecule has 0 spiro atoms. The summed E-state index contributed by atoms with van der Waals surface area (Å²) in [6, 6.07) is 0. The van der Waals surface area contributed by atoms with Gasteiger partial charge in [-0.1, -0.05) is 13.8 Å². The van der Waals surface area contributed by atoms with E-state index >= 15 is 0 Å². The molecule has 1 aliphatic heterocycles. The molecule has 4 nitrogen and oxygen atoms in total. The first-order valence-electron chi connectivity index (χ1n) is 6.17. The van der Waals surface area contributed by atoms with Crippen molar-refractivity contribution in [2.45, 2.75) is 26.7 Å². The maximum absolute atomic E-state index is 5.99. The molecule has 0 aliphatic carbocycles. The van der Waals surface area contributed by atoms with Gasteiger partial charge >= 0.3 is 0 Å². The highest BCUT2D eigenvalue weighted by Crippen LogP contribution is 2.16. The topological polar surface area (TPSA) is 50.9 Å². The lowest BCUT2D eigenvalue weighted by Crippen LogP contribution is -2.45. The lowest BCUT2D eigenvalue weighted by Gasteiger charge is -2.33. The van der Waals surface area contributed by atoms with Gasteiger partial charge in [0.25, 0.3) is 0 Å². The van der Waals surface area contributed by atoms with E-state index in [1.165, 1.54) is 12.8 Å². The van der Waals surface area contributed by atoms with Gasteiger partial charge < -0.3 is 15.4 Å². The quantitative estimate of drug-likeness (QED) is 0.582. The average Bonchev–Trinajstić information content (AvgIpc) is 2.26. The number of rotatable bonds is 4. The first kappa shape index (κ1) is 13.3. The van der Waals surface area contributed by atoms with Crippen LogP contribution in [0, 0.1) is 11.8 Å². The Morgan fingerprint density at radius 2 is 2.31 bits per heavy atom. The van der Waals surface area contributed by atoms with Gasteiger partial charge in [-0.05, 0) is 24.7 Å².